The van der Waals surface area contributed by atoms with E-state index in [1.165, 1.54) is 0 Å². The van der Waals surface area contributed by atoms with Gasteiger partial charge in [0, 0.05) is 22.3 Å². The van der Waals surface area contributed by atoms with Crippen molar-refractivity contribution in [2.45, 2.75) is 13.8 Å². The third kappa shape index (κ3) is 2.89. The summed E-state index contributed by atoms with van der Waals surface area (Å²) in [5.74, 6) is 0. The van der Waals surface area contributed by atoms with Gasteiger partial charge in [-0.05, 0) is 44.2 Å². The molecule has 0 bridgehead atoms. The van der Waals surface area contributed by atoms with Crippen molar-refractivity contribution in [2.75, 3.05) is 10.6 Å². The quantitative estimate of drug-likeness (QED) is 0.638. The molecule has 21 heavy (non-hydrogen) atoms. The lowest BCUT2D eigenvalue weighted by molar-refractivity contribution is 0.262. The van der Waals surface area contributed by atoms with Gasteiger partial charge in [0.25, 0.3) is 0 Å². The van der Waals surface area contributed by atoms with E-state index in [-0.39, 0.29) is 6.03 Å². The summed E-state index contributed by atoms with van der Waals surface area (Å²) < 4.78 is 0. The van der Waals surface area contributed by atoms with Gasteiger partial charge in [0.15, 0.2) is 0 Å². The molecule has 0 aliphatic heterocycles. The molecule has 0 unspecified atom stereocenters. The molecule has 0 fully saturated rings. The van der Waals surface area contributed by atoms with Crippen molar-refractivity contribution in [2.24, 2.45) is 0 Å². The fraction of sp³-hybridized carbons (Fsp3) is 0.118. The van der Waals surface area contributed by atoms with Crippen LogP contribution >= 0.6 is 0 Å². The number of benzene rings is 2. The predicted molar refractivity (Wildman–Crippen MR) is 86.9 cm³/mol. The maximum atomic E-state index is 12.1. The van der Waals surface area contributed by atoms with Crippen molar-refractivity contribution in [3.05, 3.63) is 59.8 Å². The van der Waals surface area contributed by atoms with Crippen LogP contribution < -0.4 is 10.6 Å². The second-order valence-corrected chi connectivity index (χ2v) is 5.16. The average molecular weight is 279 g/mol. The highest BCUT2D eigenvalue weighted by Gasteiger charge is 2.07. The molecule has 2 aromatic carbocycles. The molecule has 0 saturated heterocycles. The van der Waals surface area contributed by atoms with E-state index in [1.54, 1.807) is 0 Å². The Labute approximate surface area is 123 Å². The van der Waals surface area contributed by atoms with Crippen LogP contribution in [0.3, 0.4) is 0 Å². The summed E-state index contributed by atoms with van der Waals surface area (Å²) in [4.78, 5) is 15.3. The van der Waals surface area contributed by atoms with E-state index < -0.39 is 0 Å². The lowest BCUT2D eigenvalue weighted by Gasteiger charge is -2.08. The lowest BCUT2D eigenvalue weighted by atomic mass is 10.2. The number of aromatic nitrogens is 1. The second kappa shape index (κ2) is 5.32. The van der Waals surface area contributed by atoms with Crippen LogP contribution in [0.4, 0.5) is 16.2 Å². The largest absolute Gasteiger partial charge is 0.359 e. The molecule has 0 saturated carbocycles. The Morgan fingerprint density at radius 2 is 1.76 bits per heavy atom. The van der Waals surface area contributed by atoms with E-state index in [0.717, 1.165) is 33.5 Å². The molecule has 3 N–H and O–H groups in total. The number of aryl methyl sites for hydroxylation is 2. The topological polar surface area (TPSA) is 56.9 Å². The molecule has 3 rings (SSSR count). The van der Waals surface area contributed by atoms with Crippen molar-refractivity contribution in [3.63, 3.8) is 0 Å². The van der Waals surface area contributed by atoms with E-state index in [4.69, 9.17) is 0 Å². The minimum absolute atomic E-state index is 0.245. The molecular weight excluding hydrogens is 262 g/mol. The number of aromatic amines is 1. The molecule has 0 atom stereocenters. The number of hydrogen-bond acceptors (Lipinski definition) is 1. The molecule has 4 nitrogen and oxygen atoms in total. The van der Waals surface area contributed by atoms with Crippen LogP contribution in [0.5, 0.6) is 0 Å². The van der Waals surface area contributed by atoms with Gasteiger partial charge in [-0.15, -0.1) is 0 Å². The Hall–Kier alpha value is -2.75. The van der Waals surface area contributed by atoms with Crippen molar-refractivity contribution < 1.29 is 4.79 Å². The van der Waals surface area contributed by atoms with Crippen LogP contribution in [-0.2, 0) is 0 Å². The molecule has 1 aromatic heterocycles. The summed E-state index contributed by atoms with van der Waals surface area (Å²) in [6.45, 7) is 4.01. The molecule has 2 amide bonds. The summed E-state index contributed by atoms with van der Waals surface area (Å²) in [7, 11) is 0. The normalized spacial score (nSPS) is 10.6. The summed E-state index contributed by atoms with van der Waals surface area (Å²) in [5.41, 5.74) is 4.81. The van der Waals surface area contributed by atoms with Crippen LogP contribution in [0.15, 0.2) is 48.5 Å². The molecule has 0 aliphatic carbocycles. The summed E-state index contributed by atoms with van der Waals surface area (Å²) in [5, 5.41) is 6.73. The van der Waals surface area contributed by atoms with Gasteiger partial charge in [0.05, 0.1) is 5.69 Å². The standard InChI is InChI=1S/C17H17N3O/c1-11-6-8-13(9-7-11)19-17(21)20-16-5-3-4-15-14(16)10-12(2)18-15/h3-10,18H,1-2H3,(H2,19,20,21). The summed E-state index contributed by atoms with van der Waals surface area (Å²) >= 11 is 0. The van der Waals surface area contributed by atoms with Crippen molar-refractivity contribution >= 4 is 28.3 Å². The Kier molecular flexibility index (Phi) is 3.36. The highest BCUT2D eigenvalue weighted by molar-refractivity contribution is 6.05. The van der Waals surface area contributed by atoms with E-state index in [1.807, 2.05) is 62.4 Å². The highest BCUT2D eigenvalue weighted by Crippen LogP contribution is 2.24. The van der Waals surface area contributed by atoms with E-state index >= 15 is 0 Å². The van der Waals surface area contributed by atoms with Gasteiger partial charge in [0.1, 0.15) is 0 Å². The van der Waals surface area contributed by atoms with Gasteiger partial charge < -0.3 is 15.6 Å². The highest BCUT2D eigenvalue weighted by atomic mass is 16.2. The number of carbonyl (C=O) groups excluding carboxylic acids is 1. The number of rotatable bonds is 2. The molecule has 106 valence electrons. The minimum atomic E-state index is -0.245. The molecule has 3 aromatic rings. The first kappa shape index (κ1) is 13.2. The smallest absolute Gasteiger partial charge is 0.323 e. The van der Waals surface area contributed by atoms with Crippen LogP contribution in [0.1, 0.15) is 11.3 Å². The maximum Gasteiger partial charge on any atom is 0.323 e. The first-order chi connectivity index (χ1) is 10.1. The summed E-state index contributed by atoms with van der Waals surface area (Å²) in [6, 6.07) is 15.3. The van der Waals surface area contributed by atoms with Crippen molar-refractivity contribution in [3.8, 4) is 0 Å². The number of fused-ring (bicyclic) bond motifs is 1. The first-order valence-corrected chi connectivity index (χ1v) is 6.85. The molecular formula is C17H17N3O. The number of H-pyrrole nitrogens is 1. The zero-order valence-electron chi connectivity index (χ0n) is 12.0. The van der Waals surface area contributed by atoms with Crippen LogP contribution in [-0.4, -0.2) is 11.0 Å². The Morgan fingerprint density at radius 3 is 2.52 bits per heavy atom. The second-order valence-electron chi connectivity index (χ2n) is 5.16. The molecule has 0 radical (unpaired) electrons. The third-order valence-electron chi connectivity index (χ3n) is 3.36. The fourth-order valence-corrected chi connectivity index (χ4v) is 2.33. The minimum Gasteiger partial charge on any atom is -0.359 e. The number of amides is 2. The van der Waals surface area contributed by atoms with Crippen molar-refractivity contribution in [1.82, 2.24) is 4.98 Å². The molecule has 0 spiro atoms. The van der Waals surface area contributed by atoms with Gasteiger partial charge in [-0.25, -0.2) is 4.79 Å². The number of hydrogen-bond donors (Lipinski definition) is 3. The van der Waals surface area contributed by atoms with Gasteiger partial charge in [-0.1, -0.05) is 23.8 Å². The SMILES string of the molecule is Cc1ccc(NC(=O)Nc2cccc3[nH]c(C)cc23)cc1. The van der Waals surface area contributed by atoms with Gasteiger partial charge in [0.2, 0.25) is 0 Å². The monoisotopic (exact) mass is 279 g/mol. The Bertz CT molecular complexity index is 787. The van der Waals surface area contributed by atoms with Gasteiger partial charge in [-0.3, -0.25) is 0 Å². The number of anilines is 2. The van der Waals surface area contributed by atoms with Crippen molar-refractivity contribution in [1.29, 1.82) is 0 Å². The van der Waals surface area contributed by atoms with Crippen LogP contribution in [0.25, 0.3) is 10.9 Å². The number of nitrogens with one attached hydrogen (secondary N) is 3. The van der Waals surface area contributed by atoms with Crippen LogP contribution in [0, 0.1) is 13.8 Å². The Morgan fingerprint density at radius 1 is 1.00 bits per heavy atom. The Balaban J connectivity index is 1.78. The van der Waals surface area contributed by atoms with Gasteiger partial charge in [-0.2, -0.15) is 0 Å². The van der Waals surface area contributed by atoms with Crippen LogP contribution in [0.2, 0.25) is 0 Å². The number of urea groups is 1. The van der Waals surface area contributed by atoms with E-state index in [2.05, 4.69) is 15.6 Å². The average Bonchev–Trinajstić information content (AvgIpc) is 2.83. The van der Waals surface area contributed by atoms with Gasteiger partial charge >= 0.3 is 6.03 Å². The molecule has 1 heterocycles. The van der Waals surface area contributed by atoms with E-state index in [0.29, 0.717) is 0 Å². The first-order valence-electron chi connectivity index (χ1n) is 6.85. The van der Waals surface area contributed by atoms with E-state index in [9.17, 15) is 4.79 Å². The number of carbonyl (C=O) groups is 1. The fourth-order valence-electron chi connectivity index (χ4n) is 2.33. The molecule has 0 aliphatic rings. The zero-order valence-corrected chi connectivity index (χ0v) is 12.0. The molecule has 4 heteroatoms. The third-order valence-corrected chi connectivity index (χ3v) is 3.36. The maximum absolute atomic E-state index is 12.1. The predicted octanol–water partition coefficient (Wildman–Crippen LogP) is 4.43. The lowest BCUT2D eigenvalue weighted by Crippen LogP contribution is -2.19. The zero-order chi connectivity index (χ0) is 14.8. The summed E-state index contributed by atoms with van der Waals surface area (Å²) in [6.07, 6.45) is 0.